The Hall–Kier alpha value is -2.12. The van der Waals surface area contributed by atoms with E-state index in [-0.39, 0.29) is 0 Å². The molecule has 7 heteroatoms. The van der Waals surface area contributed by atoms with Gasteiger partial charge < -0.3 is 9.32 Å². The van der Waals surface area contributed by atoms with E-state index in [0.29, 0.717) is 12.5 Å². The molecule has 6 nitrogen and oxygen atoms in total. The van der Waals surface area contributed by atoms with Gasteiger partial charge in [-0.05, 0) is 24.6 Å². The molecule has 0 unspecified atom stereocenters. The van der Waals surface area contributed by atoms with E-state index < -0.39 is 0 Å². The zero-order valence-corrected chi connectivity index (χ0v) is 12.8. The number of hydrogen-bond donors (Lipinski definition) is 2. The molecule has 21 heavy (non-hydrogen) atoms. The van der Waals surface area contributed by atoms with Crippen molar-refractivity contribution in [3.8, 4) is 0 Å². The van der Waals surface area contributed by atoms with Crippen molar-refractivity contribution in [3.63, 3.8) is 0 Å². The van der Waals surface area contributed by atoms with E-state index in [1.165, 1.54) is 4.88 Å². The number of aromatic nitrogens is 2. The number of rotatable bonds is 5. The molecule has 110 valence electrons. The summed E-state index contributed by atoms with van der Waals surface area (Å²) in [7, 11) is 1.98. The van der Waals surface area contributed by atoms with Crippen LogP contribution in [0.4, 0.5) is 11.8 Å². The number of aryl methyl sites for hydroxylation is 1. The molecule has 0 saturated heterocycles. The number of anilines is 2. The number of furan rings is 1. The number of nitrogens with zero attached hydrogens (tertiary/aromatic N) is 3. The lowest BCUT2D eigenvalue weighted by molar-refractivity contribution is 0.507. The summed E-state index contributed by atoms with van der Waals surface area (Å²) < 4.78 is 5.40. The highest BCUT2D eigenvalue weighted by molar-refractivity contribution is 7.18. The summed E-state index contributed by atoms with van der Waals surface area (Å²) in [6, 6.07) is 5.97. The molecule has 0 aromatic carbocycles. The van der Waals surface area contributed by atoms with Gasteiger partial charge in [-0.2, -0.15) is 4.98 Å². The lowest BCUT2D eigenvalue weighted by Gasteiger charge is -2.18. The molecule has 0 aliphatic rings. The van der Waals surface area contributed by atoms with Crippen molar-refractivity contribution in [2.24, 2.45) is 5.84 Å². The molecule has 3 aromatic rings. The van der Waals surface area contributed by atoms with Gasteiger partial charge in [0.05, 0.1) is 18.2 Å². The maximum Gasteiger partial charge on any atom is 0.240 e. The molecule has 0 aliphatic carbocycles. The van der Waals surface area contributed by atoms with Gasteiger partial charge >= 0.3 is 0 Å². The smallest absolute Gasteiger partial charge is 0.240 e. The van der Waals surface area contributed by atoms with Gasteiger partial charge in [0.2, 0.25) is 5.95 Å². The third kappa shape index (κ3) is 2.70. The van der Waals surface area contributed by atoms with Crippen molar-refractivity contribution < 1.29 is 4.42 Å². The van der Waals surface area contributed by atoms with Crippen LogP contribution in [0.3, 0.4) is 0 Å². The first-order chi connectivity index (χ1) is 10.2. The minimum Gasteiger partial charge on any atom is -0.467 e. The average molecular weight is 303 g/mol. The van der Waals surface area contributed by atoms with Gasteiger partial charge in [-0.3, -0.25) is 5.43 Å². The summed E-state index contributed by atoms with van der Waals surface area (Å²) in [5, 5.41) is 1.05. The fourth-order valence-electron chi connectivity index (χ4n) is 2.20. The van der Waals surface area contributed by atoms with Crippen LogP contribution in [0.25, 0.3) is 10.2 Å². The summed E-state index contributed by atoms with van der Waals surface area (Å²) in [6.45, 7) is 2.77. The first-order valence-corrected chi connectivity index (χ1v) is 7.53. The summed E-state index contributed by atoms with van der Waals surface area (Å²) in [4.78, 5) is 13.2. The highest BCUT2D eigenvalue weighted by Crippen LogP contribution is 2.32. The SMILES string of the molecule is CCc1cc2c(N(C)Cc3ccco3)nc(NN)nc2s1. The topological polar surface area (TPSA) is 80.2 Å². The van der Waals surface area contributed by atoms with Crippen LogP contribution < -0.4 is 16.2 Å². The average Bonchev–Trinajstić information content (AvgIpc) is 3.14. The molecule has 0 bridgehead atoms. The van der Waals surface area contributed by atoms with E-state index in [1.54, 1.807) is 17.6 Å². The molecular formula is C14H17N5OS. The molecule has 0 atom stereocenters. The van der Waals surface area contributed by atoms with Crippen LogP contribution in [0.1, 0.15) is 17.6 Å². The van der Waals surface area contributed by atoms with Crippen molar-refractivity contribution in [1.82, 2.24) is 9.97 Å². The first kappa shape index (κ1) is 13.8. The van der Waals surface area contributed by atoms with Crippen LogP contribution in [0, 0.1) is 0 Å². The third-order valence-corrected chi connectivity index (χ3v) is 4.41. The first-order valence-electron chi connectivity index (χ1n) is 6.72. The lowest BCUT2D eigenvalue weighted by Crippen LogP contribution is -2.19. The summed E-state index contributed by atoms with van der Waals surface area (Å²) in [6.07, 6.45) is 2.65. The maximum absolute atomic E-state index is 5.48. The van der Waals surface area contributed by atoms with Crippen molar-refractivity contribution in [2.45, 2.75) is 19.9 Å². The zero-order valence-electron chi connectivity index (χ0n) is 12.0. The van der Waals surface area contributed by atoms with E-state index in [9.17, 15) is 0 Å². The van der Waals surface area contributed by atoms with Gasteiger partial charge in [0, 0.05) is 11.9 Å². The standard InChI is InChI=1S/C14H17N5OS/c1-3-10-7-11-12(16-14(18-15)17-13(11)21-10)19(2)8-9-5-4-6-20-9/h4-7H,3,8,15H2,1-2H3,(H,16,17,18). The fraction of sp³-hybridized carbons (Fsp3) is 0.286. The predicted octanol–water partition coefficient (Wildman–Crippen LogP) is 2.77. The van der Waals surface area contributed by atoms with Crippen LogP contribution in [0.15, 0.2) is 28.9 Å². The third-order valence-electron chi connectivity index (χ3n) is 3.24. The van der Waals surface area contributed by atoms with Crippen LogP contribution >= 0.6 is 11.3 Å². The normalized spacial score (nSPS) is 11.0. The van der Waals surface area contributed by atoms with Crippen molar-refractivity contribution in [2.75, 3.05) is 17.4 Å². The van der Waals surface area contributed by atoms with E-state index in [2.05, 4.69) is 28.4 Å². The molecule has 3 rings (SSSR count). The largest absolute Gasteiger partial charge is 0.467 e. The van der Waals surface area contributed by atoms with Crippen molar-refractivity contribution >= 4 is 33.3 Å². The minimum atomic E-state index is 0.424. The molecule has 0 amide bonds. The number of hydrazine groups is 1. The molecule has 0 saturated carbocycles. The Labute approximate surface area is 126 Å². The van der Waals surface area contributed by atoms with Crippen LogP contribution in [-0.2, 0) is 13.0 Å². The van der Waals surface area contributed by atoms with Gasteiger partial charge in [-0.25, -0.2) is 10.8 Å². The number of nitrogen functional groups attached to an aromatic ring is 1. The molecule has 3 N–H and O–H groups in total. The number of hydrogen-bond acceptors (Lipinski definition) is 7. The molecule has 3 aromatic heterocycles. The maximum atomic E-state index is 5.48. The van der Waals surface area contributed by atoms with Gasteiger partial charge in [0.15, 0.2) is 0 Å². The number of fused-ring (bicyclic) bond motifs is 1. The number of nitrogens with two attached hydrogens (primary N) is 1. The van der Waals surface area contributed by atoms with Gasteiger partial charge in [0.25, 0.3) is 0 Å². The number of nitrogens with one attached hydrogen (secondary N) is 1. The Balaban J connectivity index is 2.04. The Morgan fingerprint density at radius 3 is 2.95 bits per heavy atom. The molecule has 3 heterocycles. The van der Waals surface area contributed by atoms with Crippen LogP contribution in [0.2, 0.25) is 0 Å². The molecule has 0 aliphatic heterocycles. The lowest BCUT2D eigenvalue weighted by atomic mass is 10.3. The second-order valence-corrected chi connectivity index (χ2v) is 5.85. The summed E-state index contributed by atoms with van der Waals surface area (Å²) in [5.74, 6) is 7.64. The molecule has 0 radical (unpaired) electrons. The summed E-state index contributed by atoms with van der Waals surface area (Å²) >= 11 is 1.67. The highest BCUT2D eigenvalue weighted by atomic mass is 32.1. The fourth-order valence-corrected chi connectivity index (χ4v) is 3.16. The molecule has 0 fully saturated rings. The van der Waals surface area contributed by atoms with E-state index in [1.807, 2.05) is 24.1 Å². The van der Waals surface area contributed by atoms with Crippen molar-refractivity contribution in [1.29, 1.82) is 0 Å². The van der Waals surface area contributed by atoms with Gasteiger partial charge in [-0.1, -0.05) is 6.92 Å². The van der Waals surface area contributed by atoms with Crippen LogP contribution in [-0.4, -0.2) is 17.0 Å². The second-order valence-electron chi connectivity index (χ2n) is 4.74. The van der Waals surface area contributed by atoms with E-state index in [0.717, 1.165) is 28.2 Å². The van der Waals surface area contributed by atoms with E-state index in [4.69, 9.17) is 10.3 Å². The Morgan fingerprint density at radius 2 is 2.29 bits per heavy atom. The summed E-state index contributed by atoms with van der Waals surface area (Å²) in [5.41, 5.74) is 2.53. The monoisotopic (exact) mass is 303 g/mol. The zero-order chi connectivity index (χ0) is 14.8. The minimum absolute atomic E-state index is 0.424. The highest BCUT2D eigenvalue weighted by Gasteiger charge is 2.15. The predicted molar refractivity (Wildman–Crippen MR) is 85.4 cm³/mol. The Morgan fingerprint density at radius 1 is 1.43 bits per heavy atom. The van der Waals surface area contributed by atoms with Gasteiger partial charge in [-0.15, -0.1) is 11.3 Å². The van der Waals surface area contributed by atoms with E-state index >= 15 is 0 Å². The molecular weight excluding hydrogens is 286 g/mol. The number of thiophene rings is 1. The van der Waals surface area contributed by atoms with Crippen LogP contribution in [0.5, 0.6) is 0 Å². The molecule has 0 spiro atoms. The Kier molecular flexibility index (Phi) is 3.76. The second kappa shape index (κ2) is 5.71. The van der Waals surface area contributed by atoms with Gasteiger partial charge in [0.1, 0.15) is 16.4 Å². The Bertz CT molecular complexity index is 737. The van der Waals surface area contributed by atoms with Crippen molar-refractivity contribution in [3.05, 3.63) is 35.1 Å². The quantitative estimate of drug-likeness (QED) is 0.557.